The van der Waals surface area contributed by atoms with E-state index in [1.54, 1.807) is 0 Å². The Morgan fingerprint density at radius 2 is 2.31 bits per heavy atom. The van der Waals surface area contributed by atoms with E-state index in [0.29, 0.717) is 11.3 Å². The maximum atomic E-state index is 5.25. The van der Waals surface area contributed by atoms with Crippen molar-refractivity contribution in [2.75, 3.05) is 17.3 Å². The third kappa shape index (κ3) is 2.73. The number of aromatic nitrogens is 2. The molecule has 2 aliphatic rings. The first-order valence-electron chi connectivity index (χ1n) is 5.67. The molecule has 1 aliphatic carbocycles. The van der Waals surface area contributed by atoms with Crippen molar-refractivity contribution in [3.05, 3.63) is 11.7 Å². The van der Waals surface area contributed by atoms with E-state index in [2.05, 4.69) is 15.5 Å². The molecule has 0 radical (unpaired) electrons. The first-order chi connectivity index (χ1) is 7.92. The van der Waals surface area contributed by atoms with E-state index in [-0.39, 0.29) is 0 Å². The topological polar surface area (TPSA) is 51.0 Å². The van der Waals surface area contributed by atoms with Gasteiger partial charge in [-0.3, -0.25) is 0 Å². The maximum Gasteiger partial charge on any atom is 0.240 e. The first kappa shape index (κ1) is 10.9. The van der Waals surface area contributed by atoms with Crippen LogP contribution in [0.3, 0.4) is 0 Å². The fraction of sp³-hybridized carbons (Fsp3) is 0.800. The summed E-state index contributed by atoms with van der Waals surface area (Å²) in [6, 6.07) is 0.690. The highest BCUT2D eigenvalue weighted by Gasteiger charge is 2.24. The Morgan fingerprint density at radius 1 is 1.38 bits per heavy atom. The van der Waals surface area contributed by atoms with E-state index in [4.69, 9.17) is 4.52 Å². The van der Waals surface area contributed by atoms with Crippen molar-refractivity contribution >= 4 is 23.5 Å². The van der Waals surface area contributed by atoms with Crippen LogP contribution in [0.1, 0.15) is 29.8 Å². The van der Waals surface area contributed by atoms with Crippen LogP contribution in [0.4, 0.5) is 0 Å². The van der Waals surface area contributed by atoms with Crippen molar-refractivity contribution < 1.29 is 4.52 Å². The molecule has 0 spiro atoms. The summed E-state index contributed by atoms with van der Waals surface area (Å²) in [5.74, 6) is 5.16. The number of rotatable bonds is 4. The molecule has 1 N–H and O–H groups in total. The minimum absolute atomic E-state index is 0.428. The molecule has 1 atom stereocenters. The predicted molar refractivity (Wildman–Crippen MR) is 66.7 cm³/mol. The summed E-state index contributed by atoms with van der Waals surface area (Å²) < 4.78 is 5.25. The molecule has 4 nitrogen and oxygen atoms in total. The highest BCUT2D eigenvalue weighted by atomic mass is 32.2. The molecule has 0 amide bonds. The summed E-state index contributed by atoms with van der Waals surface area (Å²) in [4.78, 5) is 4.46. The zero-order valence-corrected chi connectivity index (χ0v) is 10.6. The molecule has 1 aromatic heterocycles. The zero-order chi connectivity index (χ0) is 10.8. The second-order valence-corrected chi connectivity index (χ2v) is 6.60. The minimum Gasteiger partial charge on any atom is -0.338 e. The highest BCUT2D eigenvalue weighted by Crippen LogP contribution is 2.35. The summed E-state index contributed by atoms with van der Waals surface area (Å²) in [6.45, 7) is 0.724. The van der Waals surface area contributed by atoms with Gasteiger partial charge in [-0.25, -0.2) is 0 Å². The Kier molecular flexibility index (Phi) is 3.40. The molecular weight excluding hydrogens is 242 g/mol. The fourth-order valence-corrected chi connectivity index (χ4v) is 4.22. The third-order valence-electron chi connectivity index (χ3n) is 2.71. The molecule has 0 aromatic carbocycles. The Labute approximate surface area is 103 Å². The number of hydrogen-bond acceptors (Lipinski definition) is 6. The van der Waals surface area contributed by atoms with Crippen LogP contribution in [-0.4, -0.2) is 33.4 Å². The quantitative estimate of drug-likeness (QED) is 0.888. The minimum atomic E-state index is 0.428. The lowest BCUT2D eigenvalue weighted by Gasteiger charge is -2.16. The number of thioether (sulfide) groups is 2. The van der Waals surface area contributed by atoms with Crippen LogP contribution >= 0.6 is 23.5 Å². The second-order valence-electron chi connectivity index (χ2n) is 4.14. The third-order valence-corrected chi connectivity index (χ3v) is 5.46. The average Bonchev–Trinajstić information content (AvgIpc) is 3.05. The van der Waals surface area contributed by atoms with Gasteiger partial charge in [0.25, 0.3) is 0 Å². The van der Waals surface area contributed by atoms with Gasteiger partial charge >= 0.3 is 0 Å². The molecule has 0 bridgehead atoms. The van der Waals surface area contributed by atoms with Crippen LogP contribution in [0.5, 0.6) is 0 Å². The van der Waals surface area contributed by atoms with Crippen LogP contribution in [0.25, 0.3) is 0 Å². The fourth-order valence-electron chi connectivity index (χ4n) is 1.63. The SMILES string of the molecule is C1CSC(c2noc(CNC3CC3)n2)CS1. The molecule has 1 aliphatic heterocycles. The molecule has 1 saturated heterocycles. The lowest BCUT2D eigenvalue weighted by molar-refractivity contribution is 0.362. The summed E-state index contributed by atoms with van der Waals surface area (Å²) in [6.07, 6.45) is 2.58. The molecule has 2 heterocycles. The van der Waals surface area contributed by atoms with Crippen LogP contribution < -0.4 is 5.32 Å². The lowest BCUT2D eigenvalue weighted by atomic mass is 10.4. The van der Waals surface area contributed by atoms with Crippen LogP contribution in [0, 0.1) is 0 Å². The number of nitrogens with one attached hydrogen (secondary N) is 1. The van der Waals surface area contributed by atoms with Gasteiger partial charge in [-0.1, -0.05) is 5.16 Å². The van der Waals surface area contributed by atoms with Crippen LogP contribution in [-0.2, 0) is 6.54 Å². The van der Waals surface area contributed by atoms with E-state index in [0.717, 1.165) is 24.0 Å². The molecule has 6 heteroatoms. The van der Waals surface area contributed by atoms with Crippen molar-refractivity contribution in [3.63, 3.8) is 0 Å². The largest absolute Gasteiger partial charge is 0.338 e. The molecule has 1 unspecified atom stereocenters. The second kappa shape index (κ2) is 4.98. The normalized spacial score (nSPS) is 25.9. The molecule has 16 heavy (non-hydrogen) atoms. The van der Waals surface area contributed by atoms with Crippen molar-refractivity contribution in [3.8, 4) is 0 Å². The van der Waals surface area contributed by atoms with Crippen molar-refractivity contribution in [1.82, 2.24) is 15.5 Å². The van der Waals surface area contributed by atoms with Gasteiger partial charge in [0, 0.05) is 23.3 Å². The van der Waals surface area contributed by atoms with E-state index in [9.17, 15) is 0 Å². The Hall–Kier alpha value is -0.200. The van der Waals surface area contributed by atoms with Crippen LogP contribution in [0.2, 0.25) is 0 Å². The van der Waals surface area contributed by atoms with E-state index >= 15 is 0 Å². The van der Waals surface area contributed by atoms with E-state index < -0.39 is 0 Å². The summed E-state index contributed by atoms with van der Waals surface area (Å²) in [7, 11) is 0. The average molecular weight is 257 g/mol. The molecular formula is C10H15N3OS2. The zero-order valence-electron chi connectivity index (χ0n) is 9.02. The standard InChI is InChI=1S/C10H15N3OS2/c1-2-7(1)11-5-9-12-10(13-14-9)8-6-15-3-4-16-8/h7-8,11H,1-6H2. The van der Waals surface area contributed by atoms with Crippen molar-refractivity contribution in [1.29, 1.82) is 0 Å². The van der Waals surface area contributed by atoms with Crippen molar-refractivity contribution in [2.24, 2.45) is 0 Å². The maximum absolute atomic E-state index is 5.25. The van der Waals surface area contributed by atoms with E-state index in [1.807, 2.05) is 23.5 Å². The number of nitrogens with zero attached hydrogens (tertiary/aromatic N) is 2. The summed E-state index contributed by atoms with van der Waals surface area (Å²) in [5.41, 5.74) is 0. The van der Waals surface area contributed by atoms with Gasteiger partial charge in [0.1, 0.15) is 0 Å². The monoisotopic (exact) mass is 257 g/mol. The highest BCUT2D eigenvalue weighted by molar-refractivity contribution is 8.06. The predicted octanol–water partition coefficient (Wildman–Crippen LogP) is 1.84. The van der Waals surface area contributed by atoms with Gasteiger partial charge in [0.15, 0.2) is 5.82 Å². The Bertz CT molecular complexity index is 348. The summed E-state index contributed by atoms with van der Waals surface area (Å²) in [5, 5.41) is 7.89. The first-order valence-corrected chi connectivity index (χ1v) is 7.87. The molecule has 1 saturated carbocycles. The van der Waals surface area contributed by atoms with Gasteiger partial charge in [0.2, 0.25) is 5.89 Å². The van der Waals surface area contributed by atoms with Gasteiger partial charge in [-0.15, -0.1) is 11.8 Å². The van der Waals surface area contributed by atoms with Gasteiger partial charge in [-0.2, -0.15) is 16.7 Å². The van der Waals surface area contributed by atoms with Gasteiger partial charge < -0.3 is 9.84 Å². The number of hydrogen-bond donors (Lipinski definition) is 1. The van der Waals surface area contributed by atoms with E-state index in [1.165, 1.54) is 24.3 Å². The Balaban J connectivity index is 1.57. The lowest BCUT2D eigenvalue weighted by Crippen LogP contribution is -2.15. The van der Waals surface area contributed by atoms with Crippen LogP contribution in [0.15, 0.2) is 4.52 Å². The van der Waals surface area contributed by atoms with Gasteiger partial charge in [0.05, 0.1) is 11.8 Å². The molecule has 88 valence electrons. The molecule has 2 fully saturated rings. The Morgan fingerprint density at radius 3 is 3.06 bits per heavy atom. The summed E-state index contributed by atoms with van der Waals surface area (Å²) >= 11 is 3.92. The molecule has 3 rings (SSSR count). The molecule has 1 aromatic rings. The van der Waals surface area contributed by atoms with Gasteiger partial charge in [-0.05, 0) is 12.8 Å². The van der Waals surface area contributed by atoms with Crippen molar-refractivity contribution in [2.45, 2.75) is 30.7 Å². The smallest absolute Gasteiger partial charge is 0.240 e.